The summed E-state index contributed by atoms with van der Waals surface area (Å²) in [5, 5.41) is 12.1. The minimum absolute atomic E-state index is 0.0809. The van der Waals surface area contributed by atoms with E-state index in [1.54, 1.807) is 30.3 Å². The number of hydrogen-bond donors (Lipinski definition) is 1. The van der Waals surface area contributed by atoms with E-state index >= 15 is 0 Å². The molecule has 1 aromatic rings. The maximum Gasteiger partial charge on any atom is 0.303 e. The molecule has 3 rings (SSSR count). The van der Waals surface area contributed by atoms with Gasteiger partial charge in [0.15, 0.2) is 23.4 Å². The maximum atomic E-state index is 12.2. The molecule has 2 fully saturated rings. The Labute approximate surface area is 219 Å². The van der Waals surface area contributed by atoms with Gasteiger partial charge in [-0.1, -0.05) is 36.3 Å². The number of terminal acetylenes is 1. The fraction of sp³-hybridized carbons (Fsp3) is 0.538. The molecule has 38 heavy (non-hydrogen) atoms. The van der Waals surface area contributed by atoms with Gasteiger partial charge in [-0.15, -0.1) is 6.42 Å². The van der Waals surface area contributed by atoms with Gasteiger partial charge in [-0.3, -0.25) is 19.2 Å². The van der Waals surface area contributed by atoms with E-state index in [1.807, 2.05) is 0 Å². The van der Waals surface area contributed by atoms with E-state index in [4.69, 9.17) is 39.6 Å². The monoisotopic (exact) mass is 534 g/mol. The van der Waals surface area contributed by atoms with Crippen LogP contribution in [-0.2, 0) is 58.9 Å². The van der Waals surface area contributed by atoms with Crippen molar-refractivity contribution in [3.63, 3.8) is 0 Å². The van der Waals surface area contributed by atoms with Crippen molar-refractivity contribution in [1.82, 2.24) is 0 Å². The van der Waals surface area contributed by atoms with Crippen molar-refractivity contribution < 1.29 is 57.4 Å². The van der Waals surface area contributed by atoms with Gasteiger partial charge >= 0.3 is 23.9 Å². The highest BCUT2D eigenvalue weighted by Gasteiger charge is 2.79. The summed E-state index contributed by atoms with van der Waals surface area (Å²) >= 11 is 0. The van der Waals surface area contributed by atoms with Crippen LogP contribution in [-0.4, -0.2) is 84.1 Å². The molecule has 0 spiro atoms. The molecule has 0 aliphatic carbocycles. The Morgan fingerprint density at radius 1 is 1.00 bits per heavy atom. The zero-order chi connectivity index (χ0) is 28.1. The van der Waals surface area contributed by atoms with E-state index in [2.05, 4.69) is 5.92 Å². The predicted molar refractivity (Wildman–Crippen MR) is 126 cm³/mol. The summed E-state index contributed by atoms with van der Waals surface area (Å²) in [5.74, 6) is -2.83. The molecule has 1 N–H and O–H groups in total. The summed E-state index contributed by atoms with van der Waals surface area (Å²) in [4.78, 5) is 47.7. The van der Waals surface area contributed by atoms with Crippen molar-refractivity contribution >= 4 is 23.9 Å². The topological polar surface area (TPSA) is 153 Å². The molecule has 0 saturated carbocycles. The van der Waals surface area contributed by atoms with Crippen LogP contribution >= 0.6 is 0 Å². The molecule has 0 unspecified atom stereocenters. The van der Waals surface area contributed by atoms with E-state index in [0.717, 1.165) is 27.7 Å². The standard InChI is InChI=1S/C26H30O12/c1-6-21(36-18(4)29)24(31)13-35-26(15-34-17(3)28)23(37-19(5)30)22(25(24,38-26)14-33-16(2)27)32-12-20-10-8-7-9-11-20/h1,7-11,21-23,31H,12-15H2,2-5H3/t21-,22-,23-,24+,25+,26-/m1/s1. The van der Waals surface area contributed by atoms with Crippen molar-refractivity contribution in [2.45, 2.75) is 69.6 Å². The summed E-state index contributed by atoms with van der Waals surface area (Å²) in [7, 11) is 0. The summed E-state index contributed by atoms with van der Waals surface area (Å²) in [6, 6.07) is 8.88. The number of esters is 4. The molecule has 0 aromatic heterocycles. The number of hydrogen-bond acceptors (Lipinski definition) is 12. The molecule has 12 nitrogen and oxygen atoms in total. The van der Waals surface area contributed by atoms with Crippen LogP contribution < -0.4 is 0 Å². The van der Waals surface area contributed by atoms with Gasteiger partial charge in [-0.05, 0) is 5.56 Å². The Morgan fingerprint density at radius 3 is 2.18 bits per heavy atom. The van der Waals surface area contributed by atoms with Gasteiger partial charge in [-0.25, -0.2) is 0 Å². The number of ether oxygens (including phenoxy) is 7. The number of carbonyl (C=O) groups is 4. The normalized spacial score (nSPS) is 30.4. The van der Waals surface area contributed by atoms with Gasteiger partial charge in [-0.2, -0.15) is 0 Å². The third-order valence-electron chi connectivity index (χ3n) is 6.19. The fourth-order valence-corrected chi connectivity index (χ4v) is 4.55. The first kappa shape index (κ1) is 29.1. The van der Waals surface area contributed by atoms with Gasteiger partial charge in [0.25, 0.3) is 0 Å². The first-order chi connectivity index (χ1) is 17.9. The highest BCUT2D eigenvalue weighted by atomic mass is 16.8. The summed E-state index contributed by atoms with van der Waals surface area (Å²) in [6.45, 7) is 2.48. The van der Waals surface area contributed by atoms with Crippen molar-refractivity contribution in [2.24, 2.45) is 0 Å². The molecular formula is C26H30O12. The maximum absolute atomic E-state index is 12.2. The van der Waals surface area contributed by atoms with Crippen LogP contribution in [0.3, 0.4) is 0 Å². The fourth-order valence-electron chi connectivity index (χ4n) is 4.55. The van der Waals surface area contributed by atoms with Crippen LogP contribution in [0.25, 0.3) is 0 Å². The van der Waals surface area contributed by atoms with Crippen LogP contribution in [0.15, 0.2) is 30.3 Å². The average Bonchev–Trinajstić information content (AvgIpc) is 3.08. The second-order valence-corrected chi connectivity index (χ2v) is 8.98. The van der Waals surface area contributed by atoms with E-state index in [1.165, 1.54) is 0 Å². The van der Waals surface area contributed by atoms with Crippen molar-refractivity contribution in [1.29, 1.82) is 0 Å². The molecule has 1 aromatic carbocycles. The molecule has 2 aliphatic rings. The molecular weight excluding hydrogens is 504 g/mol. The first-order valence-corrected chi connectivity index (χ1v) is 11.7. The Hall–Kier alpha value is -3.50. The SMILES string of the molecule is C#C[C@@H](OC(C)=O)[C@@]1(O)CO[C@]2(COC(C)=O)O[C@@]1(COC(C)=O)[C@H](OCc1ccccc1)[C@H]2OC(C)=O. The van der Waals surface area contributed by atoms with E-state index < -0.39 is 79.0 Å². The lowest BCUT2D eigenvalue weighted by molar-refractivity contribution is -0.387. The lowest BCUT2D eigenvalue weighted by Crippen LogP contribution is -2.73. The van der Waals surface area contributed by atoms with E-state index in [0.29, 0.717) is 5.56 Å². The third kappa shape index (κ3) is 5.66. The molecule has 2 aliphatic heterocycles. The highest BCUT2D eigenvalue weighted by Crippen LogP contribution is 2.54. The number of aliphatic hydroxyl groups is 1. The lowest BCUT2D eigenvalue weighted by atomic mass is 9.75. The number of fused-ring (bicyclic) bond motifs is 2. The smallest absolute Gasteiger partial charge is 0.303 e. The summed E-state index contributed by atoms with van der Waals surface area (Å²) < 4.78 is 39.6. The molecule has 2 bridgehead atoms. The van der Waals surface area contributed by atoms with Gasteiger partial charge < -0.3 is 38.3 Å². The first-order valence-electron chi connectivity index (χ1n) is 11.7. The quantitative estimate of drug-likeness (QED) is 0.251. The number of rotatable bonds is 10. The van der Waals surface area contributed by atoms with Crippen LogP contribution in [0.5, 0.6) is 0 Å². The van der Waals surface area contributed by atoms with Crippen LogP contribution in [0.4, 0.5) is 0 Å². The Kier molecular flexibility index (Phi) is 8.79. The van der Waals surface area contributed by atoms with E-state index in [-0.39, 0.29) is 6.61 Å². The van der Waals surface area contributed by atoms with Crippen molar-refractivity contribution in [3.8, 4) is 12.3 Å². The molecule has 0 amide bonds. The molecule has 206 valence electrons. The highest BCUT2D eigenvalue weighted by molar-refractivity contribution is 5.68. The van der Waals surface area contributed by atoms with E-state index in [9.17, 15) is 24.3 Å². The van der Waals surface area contributed by atoms with Gasteiger partial charge in [0.05, 0.1) is 13.2 Å². The van der Waals surface area contributed by atoms with Crippen molar-refractivity contribution in [2.75, 3.05) is 19.8 Å². The minimum atomic E-state index is -2.39. The largest absolute Gasteiger partial charge is 0.463 e. The molecule has 12 heteroatoms. The third-order valence-corrected chi connectivity index (χ3v) is 6.19. The average molecular weight is 535 g/mol. The summed E-state index contributed by atoms with van der Waals surface area (Å²) in [5.41, 5.74) is -3.82. The second kappa shape index (κ2) is 11.5. The summed E-state index contributed by atoms with van der Waals surface area (Å²) in [6.07, 6.45) is 1.07. The van der Waals surface area contributed by atoms with Crippen LogP contribution in [0.2, 0.25) is 0 Å². The zero-order valence-electron chi connectivity index (χ0n) is 21.5. The molecule has 6 atom stereocenters. The van der Waals surface area contributed by atoms with Gasteiger partial charge in [0, 0.05) is 27.7 Å². The van der Waals surface area contributed by atoms with Crippen LogP contribution in [0.1, 0.15) is 33.3 Å². The molecule has 2 saturated heterocycles. The minimum Gasteiger partial charge on any atom is -0.463 e. The Bertz CT molecular complexity index is 1100. The van der Waals surface area contributed by atoms with Gasteiger partial charge in [0.2, 0.25) is 5.79 Å². The molecule has 2 heterocycles. The number of benzene rings is 1. The van der Waals surface area contributed by atoms with Crippen LogP contribution in [0, 0.1) is 12.3 Å². The second-order valence-electron chi connectivity index (χ2n) is 8.98. The number of carbonyl (C=O) groups excluding carboxylic acids is 4. The molecule has 0 radical (unpaired) electrons. The Morgan fingerprint density at radius 2 is 1.63 bits per heavy atom. The lowest BCUT2D eigenvalue weighted by Gasteiger charge is -2.51. The van der Waals surface area contributed by atoms with Gasteiger partial charge in [0.1, 0.15) is 19.3 Å². The zero-order valence-corrected chi connectivity index (χ0v) is 21.5. The Balaban J connectivity index is 2.20. The van der Waals surface area contributed by atoms with Crippen molar-refractivity contribution in [3.05, 3.63) is 35.9 Å². The predicted octanol–water partition coefficient (Wildman–Crippen LogP) is 0.421.